The Kier molecular flexibility index (Phi) is 7.06. The lowest BCUT2D eigenvalue weighted by molar-refractivity contribution is -0.146. The van der Waals surface area contributed by atoms with E-state index in [0.29, 0.717) is 5.56 Å². The molecule has 0 bridgehead atoms. The van der Waals surface area contributed by atoms with Crippen LogP contribution >= 0.6 is 0 Å². The summed E-state index contributed by atoms with van der Waals surface area (Å²) < 4.78 is 37.9. The van der Waals surface area contributed by atoms with Gasteiger partial charge >= 0.3 is 12.3 Å². The van der Waals surface area contributed by atoms with Gasteiger partial charge in [-0.25, -0.2) is 4.79 Å². The van der Waals surface area contributed by atoms with Gasteiger partial charge in [-0.2, -0.15) is 13.2 Å². The Morgan fingerprint density at radius 3 is 2.25 bits per heavy atom. The van der Waals surface area contributed by atoms with Gasteiger partial charge in [-0.15, -0.1) is 0 Å². The maximum Gasteiger partial charge on any atom is 0.404 e. The number of carbonyl (C=O) groups is 2. The van der Waals surface area contributed by atoms with Crippen molar-refractivity contribution in [1.29, 1.82) is 0 Å². The number of aryl methyl sites for hydroxylation is 1. The van der Waals surface area contributed by atoms with Crippen molar-refractivity contribution < 1.29 is 27.9 Å². The second-order valence-corrected chi connectivity index (χ2v) is 5.62. The smallest absolute Gasteiger partial charge is 0.404 e. The van der Waals surface area contributed by atoms with Crippen molar-refractivity contribution in [3.8, 4) is 0 Å². The Morgan fingerprint density at radius 2 is 1.79 bits per heavy atom. The van der Waals surface area contributed by atoms with Crippen LogP contribution in [0.4, 0.5) is 18.0 Å². The molecule has 134 valence electrons. The summed E-state index contributed by atoms with van der Waals surface area (Å²) in [7, 11) is 0. The molecule has 3 N–H and O–H groups in total. The number of hydrogen-bond donors (Lipinski definition) is 3. The molecule has 0 aromatic heterocycles. The molecule has 2 unspecified atom stereocenters. The van der Waals surface area contributed by atoms with Crippen molar-refractivity contribution in [2.75, 3.05) is 6.54 Å². The molecule has 0 aliphatic heterocycles. The zero-order chi connectivity index (χ0) is 18.3. The lowest BCUT2D eigenvalue weighted by Crippen LogP contribution is -2.48. The third-order valence-corrected chi connectivity index (χ3v) is 3.69. The molecule has 5 nitrogen and oxygen atoms in total. The SMILES string of the molecule is CCC(CC(F)(F)F)C(CNC(=O)c1ccc(C)cc1)NC(=O)O. The highest BCUT2D eigenvalue weighted by Gasteiger charge is 2.35. The first-order valence-electron chi connectivity index (χ1n) is 7.53. The highest BCUT2D eigenvalue weighted by atomic mass is 19.4. The zero-order valence-corrected chi connectivity index (χ0v) is 13.5. The molecule has 1 aromatic carbocycles. The predicted octanol–water partition coefficient (Wildman–Crippen LogP) is 3.34. The number of alkyl halides is 3. The van der Waals surface area contributed by atoms with Gasteiger partial charge in [0.25, 0.3) is 5.91 Å². The molecule has 0 heterocycles. The largest absolute Gasteiger partial charge is 0.465 e. The van der Waals surface area contributed by atoms with Crippen LogP contribution in [0.3, 0.4) is 0 Å². The average molecular weight is 346 g/mol. The quantitative estimate of drug-likeness (QED) is 0.708. The highest BCUT2D eigenvalue weighted by Crippen LogP contribution is 2.28. The van der Waals surface area contributed by atoms with E-state index in [1.54, 1.807) is 31.2 Å². The minimum Gasteiger partial charge on any atom is -0.465 e. The van der Waals surface area contributed by atoms with Gasteiger partial charge in [0.05, 0.1) is 6.04 Å². The third-order valence-electron chi connectivity index (χ3n) is 3.69. The van der Waals surface area contributed by atoms with Gasteiger partial charge in [0.15, 0.2) is 0 Å². The van der Waals surface area contributed by atoms with Crippen LogP contribution in [0, 0.1) is 12.8 Å². The van der Waals surface area contributed by atoms with E-state index in [1.165, 1.54) is 0 Å². The molecule has 2 amide bonds. The summed E-state index contributed by atoms with van der Waals surface area (Å²) in [5, 5.41) is 13.4. The number of halogens is 3. The van der Waals surface area contributed by atoms with Crippen LogP contribution < -0.4 is 10.6 Å². The molecule has 8 heteroatoms. The Labute approximate surface area is 138 Å². The van der Waals surface area contributed by atoms with Crippen molar-refractivity contribution in [2.45, 2.75) is 38.9 Å². The zero-order valence-electron chi connectivity index (χ0n) is 13.5. The van der Waals surface area contributed by atoms with Crippen molar-refractivity contribution in [2.24, 2.45) is 5.92 Å². The maximum absolute atomic E-state index is 12.6. The van der Waals surface area contributed by atoms with Gasteiger partial charge in [-0.3, -0.25) is 4.79 Å². The number of hydrogen-bond acceptors (Lipinski definition) is 2. The Morgan fingerprint density at radius 1 is 1.21 bits per heavy atom. The summed E-state index contributed by atoms with van der Waals surface area (Å²) in [5.74, 6) is -1.42. The first-order chi connectivity index (χ1) is 11.1. The van der Waals surface area contributed by atoms with E-state index in [9.17, 15) is 22.8 Å². The summed E-state index contributed by atoms with van der Waals surface area (Å²) in [6.07, 6.45) is -6.81. The van der Waals surface area contributed by atoms with E-state index >= 15 is 0 Å². The molecule has 0 saturated heterocycles. The van der Waals surface area contributed by atoms with E-state index in [1.807, 2.05) is 6.92 Å². The van der Waals surface area contributed by atoms with Gasteiger partial charge in [-0.1, -0.05) is 31.0 Å². The van der Waals surface area contributed by atoms with Gasteiger partial charge in [0.2, 0.25) is 0 Å². The molecule has 1 aromatic rings. The molecular weight excluding hydrogens is 325 g/mol. The normalized spacial score (nSPS) is 13.9. The van der Waals surface area contributed by atoms with Crippen LogP contribution in [-0.4, -0.2) is 35.9 Å². The van der Waals surface area contributed by atoms with Crippen LogP contribution in [0.25, 0.3) is 0 Å². The molecule has 0 saturated carbocycles. The molecule has 0 aliphatic rings. The number of rotatable bonds is 7. The molecular formula is C16H21F3N2O3. The van der Waals surface area contributed by atoms with Crippen molar-refractivity contribution >= 4 is 12.0 Å². The van der Waals surface area contributed by atoms with Gasteiger partial charge in [0.1, 0.15) is 0 Å². The summed E-state index contributed by atoms with van der Waals surface area (Å²) in [5.41, 5.74) is 1.33. The van der Waals surface area contributed by atoms with Crippen LogP contribution in [0.2, 0.25) is 0 Å². The minimum absolute atomic E-state index is 0.130. The van der Waals surface area contributed by atoms with Crippen LogP contribution in [0.15, 0.2) is 24.3 Å². The first-order valence-corrected chi connectivity index (χ1v) is 7.53. The fraction of sp³-hybridized carbons (Fsp3) is 0.500. The summed E-state index contributed by atoms with van der Waals surface area (Å²) in [6.45, 7) is 3.19. The Balaban J connectivity index is 2.76. The molecule has 0 aliphatic carbocycles. The number of benzene rings is 1. The standard InChI is InChI=1S/C16H21F3N2O3/c1-3-11(8-16(17,18)19)13(21-15(23)24)9-20-14(22)12-6-4-10(2)5-7-12/h4-7,11,13,21H,3,8-9H2,1-2H3,(H,20,22)(H,23,24). The molecule has 0 fully saturated rings. The molecule has 2 atom stereocenters. The van der Waals surface area contributed by atoms with Gasteiger partial charge < -0.3 is 15.7 Å². The van der Waals surface area contributed by atoms with Crippen molar-refractivity contribution in [3.63, 3.8) is 0 Å². The number of carbonyl (C=O) groups excluding carboxylic acids is 1. The first kappa shape index (κ1) is 19.8. The van der Waals surface area contributed by atoms with E-state index in [-0.39, 0.29) is 13.0 Å². The average Bonchev–Trinajstić information content (AvgIpc) is 2.48. The van der Waals surface area contributed by atoms with E-state index < -0.39 is 36.6 Å². The molecule has 0 spiro atoms. The van der Waals surface area contributed by atoms with Gasteiger partial charge in [-0.05, 0) is 25.0 Å². The fourth-order valence-corrected chi connectivity index (χ4v) is 2.37. The summed E-state index contributed by atoms with van der Waals surface area (Å²) >= 11 is 0. The lowest BCUT2D eigenvalue weighted by Gasteiger charge is -2.27. The number of carboxylic acid groups (broad SMARTS) is 1. The van der Waals surface area contributed by atoms with E-state index in [2.05, 4.69) is 10.6 Å². The Bertz CT molecular complexity index is 559. The highest BCUT2D eigenvalue weighted by molar-refractivity contribution is 5.94. The fourth-order valence-electron chi connectivity index (χ4n) is 2.37. The molecule has 24 heavy (non-hydrogen) atoms. The lowest BCUT2D eigenvalue weighted by atomic mass is 9.93. The third kappa shape index (κ3) is 6.89. The van der Waals surface area contributed by atoms with Crippen molar-refractivity contribution in [3.05, 3.63) is 35.4 Å². The summed E-state index contributed by atoms with van der Waals surface area (Å²) in [4.78, 5) is 22.9. The molecule has 1 rings (SSSR count). The Hall–Kier alpha value is -2.25. The number of nitrogens with one attached hydrogen (secondary N) is 2. The second-order valence-electron chi connectivity index (χ2n) is 5.62. The van der Waals surface area contributed by atoms with Crippen molar-refractivity contribution in [1.82, 2.24) is 10.6 Å². The molecule has 0 radical (unpaired) electrons. The van der Waals surface area contributed by atoms with E-state index in [4.69, 9.17) is 5.11 Å². The minimum atomic E-state index is -4.40. The topological polar surface area (TPSA) is 78.4 Å². The van der Waals surface area contributed by atoms with Gasteiger partial charge in [0, 0.05) is 18.5 Å². The monoisotopic (exact) mass is 346 g/mol. The maximum atomic E-state index is 12.6. The van der Waals surface area contributed by atoms with E-state index in [0.717, 1.165) is 5.56 Å². The van der Waals surface area contributed by atoms with Crippen LogP contribution in [-0.2, 0) is 0 Å². The van der Waals surface area contributed by atoms with Crippen LogP contribution in [0.1, 0.15) is 35.7 Å². The number of amides is 2. The van der Waals surface area contributed by atoms with Crippen LogP contribution in [0.5, 0.6) is 0 Å². The summed E-state index contributed by atoms with van der Waals surface area (Å²) in [6, 6.07) is 5.64. The second kappa shape index (κ2) is 8.56. The predicted molar refractivity (Wildman–Crippen MR) is 82.9 cm³/mol.